The van der Waals surface area contributed by atoms with Gasteiger partial charge in [-0.05, 0) is 13.6 Å². The molecule has 9 heteroatoms. The van der Waals surface area contributed by atoms with E-state index < -0.39 is 12.2 Å². The molecule has 0 radical (unpaired) electrons. The number of aliphatic imine (C=N–C) groups is 1. The lowest BCUT2D eigenvalue weighted by atomic mass is 10.3. The van der Waals surface area contributed by atoms with Gasteiger partial charge in [0, 0.05) is 38.3 Å². The summed E-state index contributed by atoms with van der Waals surface area (Å²) in [5.74, 6) is 0. The number of rotatable bonds is 9. The van der Waals surface area contributed by atoms with E-state index in [1.54, 1.807) is 7.05 Å². The number of imidazole rings is 1. The van der Waals surface area contributed by atoms with E-state index in [1.165, 1.54) is 40.6 Å². The predicted molar refractivity (Wildman–Crippen MR) is 86.8 cm³/mol. The molecular weight excluding hydrogens is 316 g/mol. The molecule has 0 aliphatic carbocycles. The molecule has 132 valence electrons. The van der Waals surface area contributed by atoms with Crippen LogP contribution in [-0.4, -0.2) is 66.3 Å². The van der Waals surface area contributed by atoms with Gasteiger partial charge in [-0.15, -0.1) is 0 Å². The minimum Gasteiger partial charge on any atom is -0.449 e. The first-order chi connectivity index (χ1) is 11.5. The molecule has 0 N–H and O–H groups in total. The minimum atomic E-state index is -0.511. The van der Waals surface area contributed by atoms with Crippen LogP contribution >= 0.6 is 0 Å². The Bertz CT molecular complexity index is 544. The first kappa shape index (κ1) is 19.4. The van der Waals surface area contributed by atoms with Crippen LogP contribution in [-0.2, 0) is 14.2 Å². The van der Waals surface area contributed by atoms with E-state index in [9.17, 15) is 9.59 Å². The quantitative estimate of drug-likeness (QED) is 0.504. The second-order valence-electron chi connectivity index (χ2n) is 4.76. The van der Waals surface area contributed by atoms with Crippen molar-refractivity contribution in [3.05, 3.63) is 31.1 Å². The topological polar surface area (TPSA) is 95.3 Å². The number of carbonyl (C=O) groups is 2. The van der Waals surface area contributed by atoms with E-state index in [1.807, 2.05) is 6.92 Å². The summed E-state index contributed by atoms with van der Waals surface area (Å²) in [5, 5.41) is 0. The average molecular weight is 338 g/mol. The Morgan fingerprint density at radius 1 is 1.38 bits per heavy atom. The van der Waals surface area contributed by atoms with Gasteiger partial charge in [0.05, 0.1) is 19.3 Å². The van der Waals surface area contributed by atoms with E-state index >= 15 is 0 Å². The molecule has 1 amide bonds. The SMILES string of the molecule is C=N/C=C\N(C)C(=O)OCCC(C)OCCOC(=O)n1ccnc1. The normalized spacial score (nSPS) is 11.9. The van der Waals surface area contributed by atoms with Gasteiger partial charge in [-0.2, -0.15) is 0 Å². The number of hydrogen-bond donors (Lipinski definition) is 0. The third kappa shape index (κ3) is 7.54. The lowest BCUT2D eigenvalue weighted by molar-refractivity contribution is 0.0160. The molecule has 1 atom stereocenters. The lowest BCUT2D eigenvalue weighted by Gasteiger charge is -2.15. The van der Waals surface area contributed by atoms with Crippen molar-refractivity contribution in [2.75, 3.05) is 26.9 Å². The second kappa shape index (κ2) is 10.9. The zero-order chi connectivity index (χ0) is 17.8. The molecule has 1 aromatic heterocycles. The summed E-state index contributed by atoms with van der Waals surface area (Å²) in [6.45, 7) is 5.71. The largest absolute Gasteiger partial charge is 0.449 e. The van der Waals surface area contributed by atoms with Crippen LogP contribution in [0.3, 0.4) is 0 Å². The molecule has 1 rings (SSSR count). The van der Waals surface area contributed by atoms with Crippen LogP contribution in [0.1, 0.15) is 13.3 Å². The summed E-state index contributed by atoms with van der Waals surface area (Å²) >= 11 is 0. The third-order valence-corrected chi connectivity index (χ3v) is 2.86. The molecule has 0 aliphatic rings. The Morgan fingerprint density at radius 3 is 2.83 bits per heavy atom. The van der Waals surface area contributed by atoms with E-state index in [2.05, 4.69) is 16.7 Å². The number of amides is 1. The molecule has 0 spiro atoms. The molecule has 0 fully saturated rings. The molecule has 1 unspecified atom stereocenters. The minimum absolute atomic E-state index is 0.128. The monoisotopic (exact) mass is 338 g/mol. The van der Waals surface area contributed by atoms with Crippen molar-refractivity contribution >= 4 is 18.9 Å². The van der Waals surface area contributed by atoms with Crippen molar-refractivity contribution in [2.24, 2.45) is 4.99 Å². The van der Waals surface area contributed by atoms with Gasteiger partial charge in [0.1, 0.15) is 12.9 Å². The first-order valence-electron chi connectivity index (χ1n) is 7.33. The summed E-state index contributed by atoms with van der Waals surface area (Å²) < 4.78 is 16.8. The maximum absolute atomic E-state index is 11.6. The van der Waals surface area contributed by atoms with Crippen LogP contribution in [0.25, 0.3) is 0 Å². The van der Waals surface area contributed by atoms with E-state index in [0.29, 0.717) is 6.42 Å². The summed E-state index contributed by atoms with van der Waals surface area (Å²) in [6, 6.07) is 0. The molecule has 0 saturated carbocycles. The van der Waals surface area contributed by atoms with Crippen LogP contribution in [0.15, 0.2) is 36.1 Å². The Hall–Kier alpha value is -2.68. The summed E-state index contributed by atoms with van der Waals surface area (Å²) in [7, 11) is 1.55. The second-order valence-corrected chi connectivity index (χ2v) is 4.76. The molecule has 0 saturated heterocycles. The van der Waals surface area contributed by atoms with E-state index in [4.69, 9.17) is 14.2 Å². The molecular formula is C15H22N4O5. The molecule has 0 aromatic carbocycles. The van der Waals surface area contributed by atoms with Gasteiger partial charge in [0.2, 0.25) is 0 Å². The van der Waals surface area contributed by atoms with Gasteiger partial charge in [-0.25, -0.2) is 19.1 Å². The van der Waals surface area contributed by atoms with E-state index in [-0.39, 0.29) is 25.9 Å². The highest BCUT2D eigenvalue weighted by Gasteiger charge is 2.09. The summed E-state index contributed by atoms with van der Waals surface area (Å²) in [5.41, 5.74) is 0. The van der Waals surface area contributed by atoms with Crippen LogP contribution < -0.4 is 0 Å². The average Bonchev–Trinajstić information content (AvgIpc) is 3.10. The van der Waals surface area contributed by atoms with Crippen molar-refractivity contribution in [3.63, 3.8) is 0 Å². The summed E-state index contributed by atoms with van der Waals surface area (Å²) in [4.78, 5) is 31.6. The molecule has 0 bridgehead atoms. The zero-order valence-electron chi connectivity index (χ0n) is 13.8. The highest BCUT2D eigenvalue weighted by Crippen LogP contribution is 2.00. The lowest BCUT2D eigenvalue weighted by Crippen LogP contribution is -2.24. The van der Waals surface area contributed by atoms with Crippen molar-refractivity contribution in [3.8, 4) is 0 Å². The van der Waals surface area contributed by atoms with Gasteiger partial charge >= 0.3 is 12.2 Å². The number of aromatic nitrogens is 2. The zero-order valence-corrected chi connectivity index (χ0v) is 13.8. The number of hydrogen-bond acceptors (Lipinski definition) is 7. The Kier molecular flexibility index (Phi) is 8.84. The number of ether oxygens (including phenoxy) is 3. The van der Waals surface area contributed by atoms with Crippen LogP contribution in [0.4, 0.5) is 9.59 Å². The van der Waals surface area contributed by atoms with Crippen molar-refractivity contribution in [1.29, 1.82) is 0 Å². The fraction of sp³-hybridized carbons (Fsp3) is 0.467. The Balaban J connectivity index is 2.08. The van der Waals surface area contributed by atoms with Crippen molar-refractivity contribution in [1.82, 2.24) is 14.5 Å². The van der Waals surface area contributed by atoms with Gasteiger partial charge < -0.3 is 14.2 Å². The fourth-order valence-corrected chi connectivity index (χ4v) is 1.53. The van der Waals surface area contributed by atoms with Crippen LogP contribution in [0, 0.1) is 0 Å². The first-order valence-corrected chi connectivity index (χ1v) is 7.33. The van der Waals surface area contributed by atoms with Gasteiger partial charge in [-0.3, -0.25) is 9.89 Å². The third-order valence-electron chi connectivity index (χ3n) is 2.86. The van der Waals surface area contributed by atoms with E-state index in [0.717, 1.165) is 0 Å². The molecule has 24 heavy (non-hydrogen) atoms. The van der Waals surface area contributed by atoms with Crippen LogP contribution in [0.5, 0.6) is 0 Å². The maximum Gasteiger partial charge on any atom is 0.419 e. The van der Waals surface area contributed by atoms with Crippen molar-refractivity contribution < 1.29 is 23.8 Å². The highest BCUT2D eigenvalue weighted by molar-refractivity contribution is 5.70. The fourth-order valence-electron chi connectivity index (χ4n) is 1.53. The molecule has 0 aliphatic heterocycles. The number of nitrogens with zero attached hydrogens (tertiary/aromatic N) is 4. The maximum atomic E-state index is 11.6. The Labute approximate surface area is 140 Å². The van der Waals surface area contributed by atoms with Crippen LogP contribution in [0.2, 0.25) is 0 Å². The Morgan fingerprint density at radius 2 is 2.17 bits per heavy atom. The number of carbonyl (C=O) groups excluding carboxylic acids is 2. The standard InChI is InChI=1S/C15H22N4O5/c1-13(4-9-23-14(20)18(3)7-5-16-2)22-10-11-24-15(21)19-8-6-17-12-19/h5-8,12-13H,2,4,9-11H2,1,3H3/b7-5-. The predicted octanol–water partition coefficient (Wildman–Crippen LogP) is 1.90. The highest BCUT2D eigenvalue weighted by atomic mass is 16.6. The molecule has 9 nitrogen and oxygen atoms in total. The van der Waals surface area contributed by atoms with Gasteiger partial charge in [0.15, 0.2) is 0 Å². The van der Waals surface area contributed by atoms with Crippen molar-refractivity contribution in [2.45, 2.75) is 19.4 Å². The van der Waals surface area contributed by atoms with Gasteiger partial charge in [0.25, 0.3) is 0 Å². The van der Waals surface area contributed by atoms with Gasteiger partial charge in [-0.1, -0.05) is 0 Å². The molecule has 1 heterocycles. The molecule has 1 aromatic rings. The smallest absolute Gasteiger partial charge is 0.419 e. The summed E-state index contributed by atoms with van der Waals surface area (Å²) in [6.07, 6.45) is 6.57.